The number of Topliss-reactive ketones (excluding diaryl/α,β-unsaturated/α-hetero) is 1. The van der Waals surface area contributed by atoms with Crippen LogP contribution in [0.1, 0.15) is 91.4 Å². The van der Waals surface area contributed by atoms with E-state index in [9.17, 15) is 9.90 Å². The molecule has 28 heavy (non-hydrogen) atoms. The minimum Gasteiger partial charge on any atom is -0.393 e. The molecule has 6 fully saturated rings. The number of hydrogen-bond donors (Lipinski definition) is 1. The monoisotopic (exact) mass is 386 g/mol. The van der Waals surface area contributed by atoms with Crippen LogP contribution in [0.3, 0.4) is 0 Å². The number of carbonyl (C=O) groups excluding carboxylic acids is 1. The molecule has 6 rings (SSSR count). The van der Waals surface area contributed by atoms with Crippen molar-refractivity contribution >= 4 is 5.78 Å². The molecule has 156 valence electrons. The van der Waals surface area contributed by atoms with E-state index in [1.807, 2.05) is 6.92 Å². The number of epoxide rings is 1. The zero-order chi connectivity index (χ0) is 19.5. The van der Waals surface area contributed by atoms with Crippen molar-refractivity contribution in [3.63, 3.8) is 0 Å². The molecule has 10 atom stereocenters. The summed E-state index contributed by atoms with van der Waals surface area (Å²) in [6.07, 6.45) is 13.1. The standard InChI is InChI=1S/C25H38O3/c1-15(26)24-9-5-4-6-16(24)12-20-18-13-21-25(28-21)14-17(27)7-10-23(25,3)19(18)8-11-22(20,24)2/h16-21,27H,4-14H2,1-3H3/t16-,17-,18-,19+,20+,21-,22+,23+,24+,25-/m0/s1. The van der Waals surface area contributed by atoms with Gasteiger partial charge in [0.1, 0.15) is 11.4 Å². The Balaban J connectivity index is 1.40. The maximum absolute atomic E-state index is 13.2. The Morgan fingerprint density at radius 1 is 0.964 bits per heavy atom. The van der Waals surface area contributed by atoms with Gasteiger partial charge in [0.15, 0.2) is 0 Å². The normalized spacial score (nSPS) is 62.0. The van der Waals surface area contributed by atoms with Gasteiger partial charge in [-0.1, -0.05) is 26.7 Å². The lowest BCUT2D eigenvalue weighted by molar-refractivity contribution is -0.154. The zero-order valence-corrected chi connectivity index (χ0v) is 18.0. The third-order valence-electron chi connectivity index (χ3n) is 11.7. The molecular weight excluding hydrogens is 348 g/mol. The molecule has 1 N–H and O–H groups in total. The Labute approximate surface area is 170 Å². The highest BCUT2D eigenvalue weighted by Crippen LogP contribution is 2.77. The van der Waals surface area contributed by atoms with Gasteiger partial charge in [0.05, 0.1) is 12.2 Å². The highest BCUT2D eigenvalue weighted by Gasteiger charge is 2.77. The number of fused-ring (bicyclic) bond motifs is 6. The smallest absolute Gasteiger partial charge is 0.136 e. The van der Waals surface area contributed by atoms with E-state index in [1.165, 1.54) is 44.9 Å². The van der Waals surface area contributed by atoms with Crippen LogP contribution in [-0.2, 0) is 9.53 Å². The molecule has 0 radical (unpaired) electrons. The third kappa shape index (κ3) is 1.84. The fourth-order valence-electron chi connectivity index (χ4n) is 10.5. The lowest BCUT2D eigenvalue weighted by atomic mass is 9.42. The molecule has 1 saturated heterocycles. The second kappa shape index (κ2) is 5.44. The van der Waals surface area contributed by atoms with E-state index in [0.29, 0.717) is 23.7 Å². The second-order valence-corrected chi connectivity index (χ2v) is 12.1. The maximum atomic E-state index is 13.2. The van der Waals surface area contributed by atoms with Gasteiger partial charge in [-0.3, -0.25) is 4.79 Å². The Bertz CT molecular complexity index is 719. The number of carbonyl (C=O) groups is 1. The highest BCUT2D eigenvalue weighted by molar-refractivity contribution is 5.84. The van der Waals surface area contributed by atoms with Crippen LogP contribution < -0.4 is 0 Å². The molecule has 3 heteroatoms. The summed E-state index contributed by atoms with van der Waals surface area (Å²) in [5.41, 5.74) is 0.371. The van der Waals surface area contributed by atoms with E-state index in [4.69, 9.17) is 4.74 Å². The Morgan fingerprint density at radius 2 is 1.75 bits per heavy atom. The quantitative estimate of drug-likeness (QED) is 0.652. The van der Waals surface area contributed by atoms with Crippen molar-refractivity contribution in [2.75, 3.05) is 0 Å². The lowest BCUT2D eigenvalue weighted by Crippen LogP contribution is -2.60. The van der Waals surface area contributed by atoms with Crippen molar-refractivity contribution in [2.45, 2.75) is 109 Å². The summed E-state index contributed by atoms with van der Waals surface area (Å²) in [6, 6.07) is 0. The molecule has 5 aliphatic carbocycles. The molecule has 1 heterocycles. The average molecular weight is 387 g/mol. The molecule has 3 nitrogen and oxygen atoms in total. The molecule has 0 aromatic rings. The molecule has 1 aliphatic heterocycles. The van der Waals surface area contributed by atoms with Gasteiger partial charge in [0, 0.05) is 17.3 Å². The Hall–Kier alpha value is -0.410. The van der Waals surface area contributed by atoms with E-state index >= 15 is 0 Å². The number of rotatable bonds is 1. The predicted molar refractivity (Wildman–Crippen MR) is 108 cm³/mol. The van der Waals surface area contributed by atoms with E-state index < -0.39 is 0 Å². The summed E-state index contributed by atoms with van der Waals surface area (Å²) in [5, 5.41) is 10.4. The summed E-state index contributed by atoms with van der Waals surface area (Å²) in [7, 11) is 0. The van der Waals surface area contributed by atoms with Crippen LogP contribution in [0.2, 0.25) is 0 Å². The van der Waals surface area contributed by atoms with Gasteiger partial charge in [0.2, 0.25) is 0 Å². The average Bonchev–Trinajstić information content (AvgIpc) is 3.27. The van der Waals surface area contributed by atoms with Gasteiger partial charge in [0.25, 0.3) is 0 Å². The van der Waals surface area contributed by atoms with Gasteiger partial charge >= 0.3 is 0 Å². The van der Waals surface area contributed by atoms with Gasteiger partial charge in [-0.2, -0.15) is 0 Å². The first kappa shape index (κ1) is 18.4. The van der Waals surface area contributed by atoms with Crippen molar-refractivity contribution < 1.29 is 14.6 Å². The van der Waals surface area contributed by atoms with Crippen molar-refractivity contribution in [3.8, 4) is 0 Å². The first-order valence-electron chi connectivity index (χ1n) is 12.2. The first-order chi connectivity index (χ1) is 13.3. The Morgan fingerprint density at radius 3 is 2.54 bits per heavy atom. The second-order valence-electron chi connectivity index (χ2n) is 12.1. The van der Waals surface area contributed by atoms with Crippen LogP contribution in [0, 0.1) is 39.9 Å². The van der Waals surface area contributed by atoms with Gasteiger partial charge in [-0.15, -0.1) is 0 Å². The van der Waals surface area contributed by atoms with Crippen LogP contribution >= 0.6 is 0 Å². The molecule has 6 aliphatic rings. The van der Waals surface area contributed by atoms with Crippen molar-refractivity contribution in [1.82, 2.24) is 0 Å². The number of aliphatic hydroxyl groups is 1. The number of aliphatic hydroxyl groups excluding tert-OH is 1. The summed E-state index contributed by atoms with van der Waals surface area (Å²) >= 11 is 0. The van der Waals surface area contributed by atoms with Crippen LogP contribution in [0.4, 0.5) is 0 Å². The Kier molecular flexibility index (Phi) is 3.57. The summed E-state index contributed by atoms with van der Waals surface area (Å²) in [4.78, 5) is 13.2. The van der Waals surface area contributed by atoms with Crippen molar-refractivity contribution in [2.24, 2.45) is 39.9 Å². The predicted octanol–water partition coefficient (Wildman–Crippen LogP) is 4.90. The van der Waals surface area contributed by atoms with Crippen LogP contribution in [0.15, 0.2) is 0 Å². The van der Waals surface area contributed by atoms with Crippen molar-refractivity contribution in [3.05, 3.63) is 0 Å². The maximum Gasteiger partial charge on any atom is 0.136 e. The fraction of sp³-hybridized carbons (Fsp3) is 0.960. The van der Waals surface area contributed by atoms with Gasteiger partial charge < -0.3 is 9.84 Å². The minimum atomic E-state index is -0.168. The molecule has 0 aromatic heterocycles. The molecule has 0 unspecified atom stereocenters. The molecular formula is C25H38O3. The molecule has 0 aromatic carbocycles. The minimum absolute atomic E-state index is 0.0246. The SMILES string of the molecule is CC(=O)[C@]12CCCC[C@H]1C[C@@H]1[C@H]3C[C@@H]4O[C@@]45C[C@@H](O)CC[C@]5(C)[C@@H]3CC[C@]12C. The van der Waals surface area contributed by atoms with E-state index in [-0.39, 0.29) is 27.9 Å². The first-order valence-corrected chi connectivity index (χ1v) is 12.2. The van der Waals surface area contributed by atoms with E-state index in [1.54, 1.807) is 0 Å². The van der Waals surface area contributed by atoms with Gasteiger partial charge in [-0.05, 0) is 87.4 Å². The zero-order valence-electron chi connectivity index (χ0n) is 18.0. The number of ether oxygens (including phenoxy) is 1. The fourth-order valence-corrected chi connectivity index (χ4v) is 10.5. The van der Waals surface area contributed by atoms with E-state index in [2.05, 4.69) is 13.8 Å². The largest absolute Gasteiger partial charge is 0.393 e. The third-order valence-corrected chi connectivity index (χ3v) is 11.7. The number of hydrogen-bond acceptors (Lipinski definition) is 3. The highest BCUT2D eigenvalue weighted by atomic mass is 16.6. The van der Waals surface area contributed by atoms with Crippen molar-refractivity contribution in [1.29, 1.82) is 0 Å². The molecule has 0 bridgehead atoms. The molecule has 0 amide bonds. The van der Waals surface area contributed by atoms with Crippen LogP contribution in [0.5, 0.6) is 0 Å². The van der Waals surface area contributed by atoms with E-state index in [0.717, 1.165) is 37.5 Å². The molecule has 1 spiro atoms. The number of ketones is 1. The van der Waals surface area contributed by atoms with Crippen LogP contribution in [0.25, 0.3) is 0 Å². The summed E-state index contributed by atoms with van der Waals surface area (Å²) < 4.78 is 6.48. The molecule has 5 saturated carbocycles. The van der Waals surface area contributed by atoms with Crippen LogP contribution in [-0.4, -0.2) is 28.7 Å². The summed E-state index contributed by atoms with van der Waals surface area (Å²) in [6.45, 7) is 6.93. The topological polar surface area (TPSA) is 49.8 Å². The van der Waals surface area contributed by atoms with Gasteiger partial charge in [-0.25, -0.2) is 0 Å². The lowest BCUT2D eigenvalue weighted by Gasteiger charge is -2.61. The summed E-state index contributed by atoms with van der Waals surface area (Å²) in [5.74, 6) is 3.27.